The molecule has 1 aromatic rings. The third-order valence-electron chi connectivity index (χ3n) is 4.07. The normalized spacial score (nSPS) is 21.0. The van der Waals surface area contributed by atoms with Crippen molar-refractivity contribution in [1.29, 1.82) is 0 Å². The predicted octanol–water partition coefficient (Wildman–Crippen LogP) is 2.50. The lowest BCUT2D eigenvalue weighted by Crippen LogP contribution is -2.65. The number of anilines is 1. The van der Waals surface area contributed by atoms with Crippen LogP contribution in [0, 0.1) is 11.6 Å². The number of hydrogen-bond acceptors (Lipinski definition) is 2. The van der Waals surface area contributed by atoms with Crippen LogP contribution >= 0.6 is 15.9 Å². The number of hydrogen-bond donors (Lipinski definition) is 1. The van der Waals surface area contributed by atoms with Gasteiger partial charge < -0.3 is 5.32 Å². The molecule has 3 rings (SSSR count). The van der Waals surface area contributed by atoms with Crippen molar-refractivity contribution in [2.24, 2.45) is 0 Å². The predicted molar refractivity (Wildman–Crippen MR) is 75.8 cm³/mol. The first-order valence-corrected chi connectivity index (χ1v) is 7.50. The largest absolute Gasteiger partial charge is 0.340 e. The molecule has 112 valence electrons. The molecular formula is C14H13BrF2N2O2. The molecule has 1 saturated carbocycles. The van der Waals surface area contributed by atoms with E-state index >= 15 is 0 Å². The van der Waals surface area contributed by atoms with E-state index in [1.54, 1.807) is 0 Å². The monoisotopic (exact) mass is 358 g/mol. The van der Waals surface area contributed by atoms with Gasteiger partial charge in [-0.1, -0.05) is 12.8 Å². The molecule has 21 heavy (non-hydrogen) atoms. The smallest absolute Gasteiger partial charge is 0.253 e. The Hall–Kier alpha value is -1.50. The maximum absolute atomic E-state index is 14.1. The zero-order chi connectivity index (χ0) is 15.2. The molecule has 1 spiro atoms. The van der Waals surface area contributed by atoms with E-state index in [0.29, 0.717) is 12.8 Å². The first-order valence-electron chi connectivity index (χ1n) is 6.70. The molecule has 2 aliphatic rings. The third-order valence-corrected chi connectivity index (χ3v) is 4.68. The molecule has 0 aromatic heterocycles. The summed E-state index contributed by atoms with van der Waals surface area (Å²) in [5, 5.41) is 2.73. The molecule has 1 N–H and O–H groups in total. The van der Waals surface area contributed by atoms with Crippen LogP contribution in [0.2, 0.25) is 0 Å². The van der Waals surface area contributed by atoms with Gasteiger partial charge in [0.1, 0.15) is 23.7 Å². The minimum absolute atomic E-state index is 0.0201. The summed E-state index contributed by atoms with van der Waals surface area (Å²) in [5.41, 5.74) is -1.15. The Morgan fingerprint density at radius 3 is 2.48 bits per heavy atom. The van der Waals surface area contributed by atoms with Crippen molar-refractivity contribution >= 4 is 33.4 Å². The Bertz CT molecular complexity index is 630. The highest BCUT2D eigenvalue weighted by Gasteiger charge is 2.49. The molecule has 0 radical (unpaired) electrons. The van der Waals surface area contributed by atoms with E-state index in [1.807, 2.05) is 0 Å². The molecule has 0 atom stereocenters. The maximum atomic E-state index is 14.1. The van der Waals surface area contributed by atoms with E-state index in [1.165, 1.54) is 0 Å². The second-order valence-corrected chi connectivity index (χ2v) is 6.30. The maximum Gasteiger partial charge on any atom is 0.253 e. The molecule has 0 bridgehead atoms. The van der Waals surface area contributed by atoms with Crippen LogP contribution in [0.25, 0.3) is 0 Å². The Morgan fingerprint density at radius 2 is 1.81 bits per heavy atom. The Morgan fingerprint density at radius 1 is 1.14 bits per heavy atom. The van der Waals surface area contributed by atoms with Crippen molar-refractivity contribution < 1.29 is 18.4 Å². The number of amides is 2. The lowest BCUT2D eigenvalue weighted by molar-refractivity contribution is -0.135. The van der Waals surface area contributed by atoms with Gasteiger partial charge in [0.15, 0.2) is 0 Å². The average molecular weight is 359 g/mol. The van der Waals surface area contributed by atoms with Crippen molar-refractivity contribution in [3.05, 3.63) is 28.2 Å². The number of carbonyl (C=O) groups excluding carboxylic acids is 2. The number of halogens is 3. The molecule has 2 amide bonds. The molecular weight excluding hydrogens is 346 g/mol. The van der Waals surface area contributed by atoms with Crippen LogP contribution in [0.15, 0.2) is 16.6 Å². The zero-order valence-corrected chi connectivity index (χ0v) is 12.7. The third kappa shape index (κ3) is 2.33. The standard InChI is InChI=1S/C14H13BrF2N2O2/c15-8-5-10(17)11(6-9(8)16)19-7-12(20)18-14(13(19)21)3-1-2-4-14/h5-6H,1-4,7H2,(H,18,20). The molecule has 2 fully saturated rings. The van der Waals surface area contributed by atoms with Gasteiger partial charge in [-0.3, -0.25) is 14.5 Å². The van der Waals surface area contributed by atoms with Crippen molar-refractivity contribution in [2.75, 3.05) is 11.4 Å². The van der Waals surface area contributed by atoms with Crippen LogP contribution < -0.4 is 10.2 Å². The van der Waals surface area contributed by atoms with Crippen molar-refractivity contribution in [3.8, 4) is 0 Å². The fraction of sp³-hybridized carbons (Fsp3) is 0.429. The van der Waals surface area contributed by atoms with Crippen molar-refractivity contribution in [1.82, 2.24) is 5.32 Å². The summed E-state index contributed by atoms with van der Waals surface area (Å²) in [6.07, 6.45) is 2.73. The van der Waals surface area contributed by atoms with E-state index in [-0.39, 0.29) is 28.5 Å². The highest BCUT2D eigenvalue weighted by Crippen LogP contribution is 2.36. The molecule has 7 heteroatoms. The van der Waals surface area contributed by atoms with E-state index in [2.05, 4.69) is 21.2 Å². The summed E-state index contributed by atoms with van der Waals surface area (Å²) in [5.74, 6) is -2.12. The van der Waals surface area contributed by atoms with Crippen molar-refractivity contribution in [3.63, 3.8) is 0 Å². The minimum atomic E-state index is -0.953. The highest BCUT2D eigenvalue weighted by molar-refractivity contribution is 9.10. The summed E-state index contributed by atoms with van der Waals surface area (Å²) >= 11 is 2.89. The molecule has 1 saturated heterocycles. The van der Waals surface area contributed by atoms with Gasteiger partial charge in [0.05, 0.1) is 10.2 Å². The summed E-state index contributed by atoms with van der Waals surface area (Å²) < 4.78 is 27.7. The van der Waals surface area contributed by atoms with Gasteiger partial charge >= 0.3 is 0 Å². The molecule has 0 unspecified atom stereocenters. The van der Waals surface area contributed by atoms with Gasteiger partial charge in [-0.2, -0.15) is 0 Å². The Labute approximate surface area is 128 Å². The number of rotatable bonds is 1. The van der Waals surface area contributed by atoms with Crippen LogP contribution in [0.5, 0.6) is 0 Å². The van der Waals surface area contributed by atoms with Gasteiger partial charge in [0, 0.05) is 6.07 Å². The molecule has 1 heterocycles. The number of benzene rings is 1. The van der Waals surface area contributed by atoms with Crippen LogP contribution in [0.3, 0.4) is 0 Å². The van der Waals surface area contributed by atoms with E-state index in [4.69, 9.17) is 0 Å². The summed E-state index contributed by atoms with van der Waals surface area (Å²) in [6.45, 7) is -0.293. The second kappa shape index (κ2) is 5.05. The van der Waals surface area contributed by atoms with E-state index < -0.39 is 17.2 Å². The molecule has 1 aromatic carbocycles. The van der Waals surface area contributed by atoms with Gasteiger partial charge in [0.25, 0.3) is 5.91 Å². The van der Waals surface area contributed by atoms with Gasteiger partial charge in [0.2, 0.25) is 5.91 Å². The number of carbonyl (C=O) groups is 2. The van der Waals surface area contributed by atoms with Gasteiger partial charge in [-0.25, -0.2) is 8.78 Å². The van der Waals surface area contributed by atoms with E-state index in [9.17, 15) is 18.4 Å². The summed E-state index contributed by atoms with van der Waals surface area (Å²) in [6, 6.07) is 1.91. The summed E-state index contributed by atoms with van der Waals surface area (Å²) in [7, 11) is 0. The second-order valence-electron chi connectivity index (χ2n) is 5.45. The van der Waals surface area contributed by atoms with E-state index in [0.717, 1.165) is 29.9 Å². The average Bonchev–Trinajstić information content (AvgIpc) is 2.88. The number of nitrogens with one attached hydrogen (secondary N) is 1. The Balaban J connectivity index is 2.03. The zero-order valence-electron chi connectivity index (χ0n) is 11.1. The first kappa shape index (κ1) is 14.4. The van der Waals surface area contributed by atoms with Crippen molar-refractivity contribution in [2.45, 2.75) is 31.2 Å². The highest BCUT2D eigenvalue weighted by atomic mass is 79.9. The topological polar surface area (TPSA) is 49.4 Å². The number of nitrogens with zero attached hydrogens (tertiary/aromatic N) is 1. The lowest BCUT2D eigenvalue weighted by atomic mass is 9.92. The lowest BCUT2D eigenvalue weighted by Gasteiger charge is -2.39. The minimum Gasteiger partial charge on any atom is -0.340 e. The van der Waals surface area contributed by atoms with Gasteiger partial charge in [-0.15, -0.1) is 0 Å². The quantitative estimate of drug-likeness (QED) is 0.784. The fourth-order valence-electron chi connectivity index (χ4n) is 3.06. The van der Waals surface area contributed by atoms with Crippen LogP contribution in [0.4, 0.5) is 14.5 Å². The molecule has 1 aliphatic carbocycles. The SMILES string of the molecule is O=C1CN(c2cc(F)c(Br)cc2F)C(=O)C2(CCCC2)N1. The fourth-order valence-corrected chi connectivity index (χ4v) is 3.38. The molecule has 4 nitrogen and oxygen atoms in total. The molecule has 1 aliphatic heterocycles. The van der Waals surface area contributed by atoms with Crippen LogP contribution in [0.1, 0.15) is 25.7 Å². The van der Waals surface area contributed by atoms with Crippen LogP contribution in [-0.4, -0.2) is 23.9 Å². The first-order chi connectivity index (χ1) is 9.93. The van der Waals surface area contributed by atoms with Crippen LogP contribution in [-0.2, 0) is 9.59 Å². The summed E-state index contributed by atoms with van der Waals surface area (Å²) in [4.78, 5) is 25.6. The Kier molecular flexibility index (Phi) is 3.47. The number of piperazine rings is 1. The van der Waals surface area contributed by atoms with Gasteiger partial charge in [-0.05, 0) is 34.8 Å².